The molecule has 1 aromatic rings. The minimum absolute atomic E-state index is 0.0713. The van der Waals surface area contributed by atoms with Gasteiger partial charge in [-0.3, -0.25) is 4.79 Å². The summed E-state index contributed by atoms with van der Waals surface area (Å²) in [5, 5.41) is 12.5. The summed E-state index contributed by atoms with van der Waals surface area (Å²) in [5.74, 6) is 0.0713. The van der Waals surface area contributed by atoms with Crippen molar-refractivity contribution in [1.29, 1.82) is 5.26 Å². The van der Waals surface area contributed by atoms with Crippen molar-refractivity contribution in [3.8, 4) is 6.07 Å². The second-order valence-electron chi connectivity index (χ2n) is 6.03. The van der Waals surface area contributed by atoms with Crippen LogP contribution in [0.15, 0.2) is 24.3 Å². The zero-order chi connectivity index (χ0) is 14.7. The van der Waals surface area contributed by atoms with Crippen molar-refractivity contribution >= 4 is 5.91 Å². The van der Waals surface area contributed by atoms with E-state index >= 15 is 0 Å². The third kappa shape index (κ3) is 3.43. The molecule has 1 heterocycles. The fraction of sp³-hybridized carbons (Fsp3) is 0.529. The van der Waals surface area contributed by atoms with E-state index in [1.54, 1.807) is 18.2 Å². The molecule has 2 fully saturated rings. The lowest BCUT2D eigenvalue weighted by atomic mass is 10.0. The van der Waals surface area contributed by atoms with Crippen molar-refractivity contribution in [1.82, 2.24) is 10.2 Å². The third-order valence-corrected chi connectivity index (χ3v) is 4.32. The van der Waals surface area contributed by atoms with E-state index < -0.39 is 0 Å². The van der Waals surface area contributed by atoms with Crippen molar-refractivity contribution in [3.05, 3.63) is 35.4 Å². The molecule has 1 N–H and O–H groups in total. The summed E-state index contributed by atoms with van der Waals surface area (Å²) in [6.07, 6.45) is 5.84. The maximum atomic E-state index is 12.8. The first-order valence-corrected chi connectivity index (χ1v) is 7.82. The van der Waals surface area contributed by atoms with E-state index in [4.69, 9.17) is 5.26 Å². The number of benzene rings is 1. The number of nitrogens with one attached hydrogen (secondary N) is 1. The van der Waals surface area contributed by atoms with Gasteiger partial charge in [-0.25, -0.2) is 0 Å². The normalized spacial score (nSPS) is 21.6. The van der Waals surface area contributed by atoms with Gasteiger partial charge in [0, 0.05) is 24.2 Å². The van der Waals surface area contributed by atoms with Gasteiger partial charge in [-0.15, -0.1) is 0 Å². The SMILES string of the molecule is N#Cc1cccc(C(=O)N(CC2CCCCN2)C2CC2)c1. The highest BCUT2D eigenvalue weighted by Gasteiger charge is 2.34. The van der Waals surface area contributed by atoms with Crippen LogP contribution < -0.4 is 5.32 Å². The van der Waals surface area contributed by atoms with Gasteiger partial charge in [-0.2, -0.15) is 5.26 Å². The Kier molecular flexibility index (Phi) is 4.21. The zero-order valence-corrected chi connectivity index (χ0v) is 12.2. The molecule has 0 aromatic heterocycles. The molecule has 0 bridgehead atoms. The Hall–Kier alpha value is -1.86. The van der Waals surface area contributed by atoms with Crippen LogP contribution in [-0.4, -0.2) is 36.0 Å². The first-order chi connectivity index (χ1) is 10.3. The molecule has 3 rings (SSSR count). The highest BCUT2D eigenvalue weighted by molar-refractivity contribution is 5.95. The van der Waals surface area contributed by atoms with Crippen molar-refractivity contribution in [2.75, 3.05) is 13.1 Å². The molecule has 1 aliphatic carbocycles. The van der Waals surface area contributed by atoms with Gasteiger partial charge in [-0.05, 0) is 50.4 Å². The molecule has 110 valence electrons. The quantitative estimate of drug-likeness (QED) is 0.922. The molecule has 2 aliphatic rings. The fourth-order valence-corrected chi connectivity index (χ4v) is 2.99. The summed E-state index contributed by atoms with van der Waals surface area (Å²) in [6, 6.07) is 9.96. The summed E-state index contributed by atoms with van der Waals surface area (Å²) in [4.78, 5) is 14.8. The largest absolute Gasteiger partial charge is 0.334 e. The number of hydrogen-bond donors (Lipinski definition) is 1. The van der Waals surface area contributed by atoms with Crippen LogP contribution in [0.2, 0.25) is 0 Å². The first kappa shape index (κ1) is 14.1. The Morgan fingerprint density at radius 2 is 2.19 bits per heavy atom. The summed E-state index contributed by atoms with van der Waals surface area (Å²) < 4.78 is 0. The average Bonchev–Trinajstić information content (AvgIpc) is 3.38. The van der Waals surface area contributed by atoms with Crippen LogP contribution in [0.4, 0.5) is 0 Å². The Bertz CT molecular complexity index is 553. The van der Waals surface area contributed by atoms with Crippen LogP contribution >= 0.6 is 0 Å². The average molecular weight is 283 g/mol. The van der Waals surface area contributed by atoms with Gasteiger partial charge in [0.15, 0.2) is 0 Å². The van der Waals surface area contributed by atoms with E-state index in [-0.39, 0.29) is 5.91 Å². The fourth-order valence-electron chi connectivity index (χ4n) is 2.99. The Labute approximate surface area is 125 Å². The predicted molar refractivity (Wildman–Crippen MR) is 80.9 cm³/mol. The van der Waals surface area contributed by atoms with E-state index in [0.29, 0.717) is 23.2 Å². The van der Waals surface area contributed by atoms with E-state index in [9.17, 15) is 4.79 Å². The lowest BCUT2D eigenvalue weighted by molar-refractivity contribution is 0.0718. The van der Waals surface area contributed by atoms with Gasteiger partial charge in [0.2, 0.25) is 0 Å². The Balaban J connectivity index is 1.73. The number of carbonyl (C=O) groups is 1. The molecule has 0 radical (unpaired) electrons. The summed E-state index contributed by atoms with van der Waals surface area (Å²) in [7, 11) is 0. The topological polar surface area (TPSA) is 56.1 Å². The second kappa shape index (κ2) is 6.28. The number of nitrogens with zero attached hydrogens (tertiary/aromatic N) is 2. The number of carbonyl (C=O) groups excluding carboxylic acids is 1. The van der Waals surface area contributed by atoms with Gasteiger partial charge in [0.1, 0.15) is 0 Å². The van der Waals surface area contributed by atoms with Crippen molar-refractivity contribution in [2.24, 2.45) is 0 Å². The smallest absolute Gasteiger partial charge is 0.254 e. The third-order valence-electron chi connectivity index (χ3n) is 4.32. The van der Waals surface area contributed by atoms with Crippen molar-refractivity contribution in [2.45, 2.75) is 44.2 Å². The summed E-state index contributed by atoms with van der Waals surface area (Å²) in [5.41, 5.74) is 1.18. The van der Waals surface area contributed by atoms with Gasteiger partial charge < -0.3 is 10.2 Å². The number of rotatable bonds is 4. The van der Waals surface area contributed by atoms with E-state index in [1.807, 2.05) is 11.0 Å². The van der Waals surface area contributed by atoms with E-state index in [0.717, 1.165) is 32.4 Å². The van der Waals surface area contributed by atoms with E-state index in [2.05, 4.69) is 11.4 Å². The van der Waals surface area contributed by atoms with Crippen molar-refractivity contribution in [3.63, 3.8) is 0 Å². The van der Waals surface area contributed by atoms with Crippen LogP contribution in [0.1, 0.15) is 48.0 Å². The minimum atomic E-state index is 0.0713. The van der Waals surface area contributed by atoms with Crippen LogP contribution in [-0.2, 0) is 0 Å². The molecule has 1 aliphatic heterocycles. The molecular formula is C17H21N3O. The van der Waals surface area contributed by atoms with Gasteiger partial charge in [0.25, 0.3) is 5.91 Å². The second-order valence-corrected chi connectivity index (χ2v) is 6.03. The highest BCUT2D eigenvalue weighted by Crippen LogP contribution is 2.29. The minimum Gasteiger partial charge on any atom is -0.334 e. The summed E-state index contributed by atoms with van der Waals surface area (Å²) in [6.45, 7) is 1.85. The maximum Gasteiger partial charge on any atom is 0.254 e. The van der Waals surface area contributed by atoms with Crippen LogP contribution in [0.25, 0.3) is 0 Å². The monoisotopic (exact) mass is 283 g/mol. The van der Waals surface area contributed by atoms with Crippen molar-refractivity contribution < 1.29 is 4.79 Å². The van der Waals surface area contributed by atoms with Gasteiger partial charge in [0.05, 0.1) is 11.6 Å². The Morgan fingerprint density at radius 1 is 1.33 bits per heavy atom. The molecule has 0 spiro atoms. The number of amides is 1. The number of nitriles is 1. The predicted octanol–water partition coefficient (Wildman–Crippen LogP) is 2.30. The molecule has 4 nitrogen and oxygen atoms in total. The lowest BCUT2D eigenvalue weighted by Gasteiger charge is -2.31. The molecule has 1 saturated carbocycles. The molecule has 4 heteroatoms. The molecule has 1 atom stereocenters. The lowest BCUT2D eigenvalue weighted by Crippen LogP contribution is -2.46. The maximum absolute atomic E-state index is 12.8. The van der Waals surface area contributed by atoms with Crippen LogP contribution in [0, 0.1) is 11.3 Å². The Morgan fingerprint density at radius 3 is 2.86 bits per heavy atom. The number of hydrogen-bond acceptors (Lipinski definition) is 3. The first-order valence-electron chi connectivity index (χ1n) is 7.82. The molecular weight excluding hydrogens is 262 g/mol. The molecule has 1 unspecified atom stereocenters. The van der Waals surface area contributed by atoms with E-state index in [1.165, 1.54) is 12.8 Å². The van der Waals surface area contributed by atoms with Gasteiger partial charge in [-0.1, -0.05) is 12.5 Å². The van der Waals surface area contributed by atoms with Crippen LogP contribution in [0.3, 0.4) is 0 Å². The molecule has 1 amide bonds. The number of piperidine rings is 1. The van der Waals surface area contributed by atoms with Gasteiger partial charge >= 0.3 is 0 Å². The zero-order valence-electron chi connectivity index (χ0n) is 12.2. The molecule has 21 heavy (non-hydrogen) atoms. The molecule has 1 saturated heterocycles. The molecule has 1 aromatic carbocycles. The summed E-state index contributed by atoms with van der Waals surface area (Å²) >= 11 is 0. The standard InChI is InChI=1S/C17H21N3O/c18-11-13-4-3-5-14(10-13)17(21)20(16-7-8-16)12-15-6-1-2-9-19-15/h3-5,10,15-16,19H,1-2,6-9,12H2. The van der Waals surface area contributed by atoms with Crippen LogP contribution in [0.5, 0.6) is 0 Å². The highest BCUT2D eigenvalue weighted by atomic mass is 16.2.